The summed E-state index contributed by atoms with van der Waals surface area (Å²) in [6, 6.07) is 15.5. The minimum atomic E-state index is -0.207. The van der Waals surface area contributed by atoms with Gasteiger partial charge in [0, 0.05) is 40.1 Å². The Bertz CT molecular complexity index is 960. The summed E-state index contributed by atoms with van der Waals surface area (Å²) in [7, 11) is 0. The molecule has 1 amide bonds. The normalized spacial score (nSPS) is 16.4. The Morgan fingerprint density at radius 2 is 2.15 bits per heavy atom. The van der Waals surface area contributed by atoms with Crippen LogP contribution in [0, 0.1) is 0 Å². The van der Waals surface area contributed by atoms with E-state index in [1.165, 1.54) is 11.3 Å². The number of anilines is 1. The highest BCUT2D eigenvalue weighted by molar-refractivity contribution is 9.10. The first kappa shape index (κ1) is 18.2. The number of amides is 1. The smallest absolute Gasteiger partial charge is 0.261 e. The lowest BCUT2D eigenvalue weighted by molar-refractivity contribution is 0.0942. The Hall–Kier alpha value is -2.22. The summed E-state index contributed by atoms with van der Waals surface area (Å²) in [6.07, 6.45) is 1.78. The van der Waals surface area contributed by atoms with Crippen LogP contribution in [-0.2, 0) is 0 Å². The molecule has 1 aromatic carbocycles. The van der Waals surface area contributed by atoms with Crippen molar-refractivity contribution in [3.63, 3.8) is 0 Å². The fourth-order valence-corrected chi connectivity index (χ4v) is 5.29. The second kappa shape index (κ2) is 7.80. The van der Waals surface area contributed by atoms with Crippen molar-refractivity contribution >= 4 is 39.0 Å². The number of carbonyl (C=O) groups is 1. The molecule has 27 heavy (non-hydrogen) atoms. The number of nitrogens with zero attached hydrogens (tertiary/aromatic N) is 1. The summed E-state index contributed by atoms with van der Waals surface area (Å²) >= 11 is 5.14. The number of hydrogen-bond donors (Lipinski definition) is 3. The van der Waals surface area contributed by atoms with Crippen LogP contribution < -0.4 is 16.4 Å². The molecular weight excluding hydrogens is 424 g/mol. The number of nitrogens with one attached hydrogen (secondary N) is 2. The molecular formula is C20H19BrN4OS. The van der Waals surface area contributed by atoms with E-state index in [4.69, 9.17) is 5.73 Å². The van der Waals surface area contributed by atoms with Gasteiger partial charge in [0.25, 0.3) is 5.91 Å². The molecule has 0 spiro atoms. The van der Waals surface area contributed by atoms with E-state index in [9.17, 15) is 4.79 Å². The van der Waals surface area contributed by atoms with Gasteiger partial charge in [0.2, 0.25) is 0 Å². The van der Waals surface area contributed by atoms with E-state index < -0.39 is 0 Å². The zero-order valence-corrected chi connectivity index (χ0v) is 16.9. The predicted octanol–water partition coefficient (Wildman–Crippen LogP) is 3.89. The van der Waals surface area contributed by atoms with Crippen LogP contribution in [-0.4, -0.2) is 24.0 Å². The first-order valence-corrected chi connectivity index (χ1v) is 10.3. The number of halogens is 1. The van der Waals surface area contributed by atoms with Gasteiger partial charge < -0.3 is 16.4 Å². The molecule has 1 aliphatic rings. The van der Waals surface area contributed by atoms with Gasteiger partial charge in [-0.15, -0.1) is 11.3 Å². The molecule has 2 unspecified atom stereocenters. The van der Waals surface area contributed by atoms with E-state index >= 15 is 0 Å². The fraction of sp³-hybridized carbons (Fsp3) is 0.200. The van der Waals surface area contributed by atoms with Crippen molar-refractivity contribution in [2.75, 3.05) is 18.4 Å². The SMILES string of the molecule is NCC(NC(=O)c1cc(Br)c(C2CNc3ncccc32)s1)c1ccccc1. The van der Waals surface area contributed by atoms with Gasteiger partial charge in [0.15, 0.2) is 0 Å². The predicted molar refractivity (Wildman–Crippen MR) is 112 cm³/mol. The van der Waals surface area contributed by atoms with E-state index in [2.05, 4.69) is 37.6 Å². The molecule has 138 valence electrons. The van der Waals surface area contributed by atoms with Gasteiger partial charge in [0.05, 0.1) is 10.9 Å². The van der Waals surface area contributed by atoms with Crippen molar-refractivity contribution in [3.8, 4) is 0 Å². The van der Waals surface area contributed by atoms with Crippen LogP contribution in [0.1, 0.15) is 37.6 Å². The number of hydrogen-bond acceptors (Lipinski definition) is 5. The average molecular weight is 443 g/mol. The first-order valence-electron chi connectivity index (χ1n) is 8.71. The van der Waals surface area contributed by atoms with Gasteiger partial charge in [-0.05, 0) is 33.6 Å². The van der Waals surface area contributed by atoms with Crippen LogP contribution in [0.2, 0.25) is 0 Å². The number of aromatic nitrogens is 1. The summed E-state index contributed by atoms with van der Waals surface area (Å²) in [4.78, 5) is 19.0. The summed E-state index contributed by atoms with van der Waals surface area (Å²) in [5.74, 6) is 0.999. The molecule has 4 N–H and O–H groups in total. The van der Waals surface area contributed by atoms with Gasteiger partial charge >= 0.3 is 0 Å². The van der Waals surface area contributed by atoms with E-state index in [0.717, 1.165) is 32.8 Å². The molecule has 0 saturated carbocycles. The largest absolute Gasteiger partial charge is 0.369 e. The van der Waals surface area contributed by atoms with E-state index in [1.807, 2.05) is 42.5 Å². The lowest BCUT2D eigenvalue weighted by Gasteiger charge is -2.16. The maximum absolute atomic E-state index is 12.8. The number of fused-ring (bicyclic) bond motifs is 1. The molecule has 0 bridgehead atoms. The van der Waals surface area contributed by atoms with Crippen molar-refractivity contribution in [3.05, 3.63) is 80.1 Å². The Morgan fingerprint density at radius 3 is 2.93 bits per heavy atom. The molecule has 2 atom stereocenters. The van der Waals surface area contributed by atoms with Gasteiger partial charge in [-0.3, -0.25) is 4.79 Å². The minimum absolute atomic E-state index is 0.108. The molecule has 2 aromatic heterocycles. The molecule has 1 aliphatic heterocycles. The number of pyridine rings is 1. The molecule has 0 fully saturated rings. The summed E-state index contributed by atoms with van der Waals surface area (Å²) in [5.41, 5.74) is 8.05. The highest BCUT2D eigenvalue weighted by Gasteiger charge is 2.29. The molecule has 5 nitrogen and oxygen atoms in total. The lowest BCUT2D eigenvalue weighted by Crippen LogP contribution is -2.32. The molecule has 7 heteroatoms. The molecule has 0 aliphatic carbocycles. The molecule has 4 rings (SSSR count). The Morgan fingerprint density at radius 1 is 1.33 bits per heavy atom. The third kappa shape index (κ3) is 3.63. The monoisotopic (exact) mass is 442 g/mol. The van der Waals surface area contributed by atoms with Gasteiger partial charge in [-0.1, -0.05) is 36.4 Å². The molecule has 0 saturated heterocycles. The zero-order valence-electron chi connectivity index (χ0n) is 14.5. The summed E-state index contributed by atoms with van der Waals surface area (Å²) in [6.45, 7) is 1.13. The van der Waals surface area contributed by atoms with Crippen LogP contribution in [0.5, 0.6) is 0 Å². The van der Waals surface area contributed by atoms with Crippen LogP contribution in [0.15, 0.2) is 59.2 Å². The molecule has 0 radical (unpaired) electrons. The summed E-state index contributed by atoms with van der Waals surface area (Å²) < 4.78 is 0.949. The maximum Gasteiger partial charge on any atom is 0.261 e. The average Bonchev–Trinajstić information content (AvgIpc) is 3.30. The van der Waals surface area contributed by atoms with Crippen LogP contribution >= 0.6 is 27.3 Å². The van der Waals surface area contributed by atoms with E-state index in [-0.39, 0.29) is 17.9 Å². The van der Waals surface area contributed by atoms with Gasteiger partial charge in [0.1, 0.15) is 5.82 Å². The quantitative estimate of drug-likeness (QED) is 0.559. The lowest BCUT2D eigenvalue weighted by atomic mass is 10.0. The fourth-order valence-electron chi connectivity index (χ4n) is 3.31. The minimum Gasteiger partial charge on any atom is -0.369 e. The maximum atomic E-state index is 12.8. The first-order chi connectivity index (χ1) is 13.2. The van der Waals surface area contributed by atoms with E-state index in [1.54, 1.807) is 6.20 Å². The van der Waals surface area contributed by atoms with Gasteiger partial charge in [-0.25, -0.2) is 4.98 Å². The zero-order chi connectivity index (χ0) is 18.8. The molecule has 3 heterocycles. The van der Waals surface area contributed by atoms with Crippen LogP contribution in [0.4, 0.5) is 5.82 Å². The highest BCUT2D eigenvalue weighted by Crippen LogP contribution is 2.42. The third-order valence-electron chi connectivity index (χ3n) is 4.68. The number of thiophene rings is 1. The number of nitrogens with two attached hydrogens (primary N) is 1. The Labute approximate surface area is 170 Å². The van der Waals surface area contributed by atoms with Crippen molar-refractivity contribution < 1.29 is 4.79 Å². The Kier molecular flexibility index (Phi) is 5.24. The van der Waals surface area contributed by atoms with Gasteiger partial charge in [-0.2, -0.15) is 0 Å². The second-order valence-electron chi connectivity index (χ2n) is 6.37. The third-order valence-corrected chi connectivity index (χ3v) is 6.85. The van der Waals surface area contributed by atoms with Crippen molar-refractivity contribution in [2.45, 2.75) is 12.0 Å². The highest BCUT2D eigenvalue weighted by atomic mass is 79.9. The van der Waals surface area contributed by atoms with Crippen molar-refractivity contribution in [1.82, 2.24) is 10.3 Å². The Balaban J connectivity index is 1.56. The number of rotatable bonds is 5. The van der Waals surface area contributed by atoms with Crippen molar-refractivity contribution in [2.24, 2.45) is 5.73 Å². The topological polar surface area (TPSA) is 80.0 Å². The van der Waals surface area contributed by atoms with Crippen molar-refractivity contribution in [1.29, 1.82) is 0 Å². The standard InChI is InChI=1S/C20H19BrN4OS/c21-15-9-17(20(26)25-16(10-22)12-5-2-1-3-6-12)27-18(15)14-11-24-19-13(14)7-4-8-23-19/h1-9,14,16H,10-11,22H2,(H,23,24)(H,25,26). The van der Waals surface area contributed by atoms with Crippen LogP contribution in [0.25, 0.3) is 0 Å². The second-order valence-corrected chi connectivity index (χ2v) is 8.31. The number of benzene rings is 1. The van der Waals surface area contributed by atoms with Crippen LogP contribution in [0.3, 0.4) is 0 Å². The van der Waals surface area contributed by atoms with E-state index in [0.29, 0.717) is 11.4 Å². The summed E-state index contributed by atoms with van der Waals surface area (Å²) in [5, 5.41) is 6.38. The molecule has 3 aromatic rings. The number of carbonyl (C=O) groups excluding carboxylic acids is 1.